The van der Waals surface area contributed by atoms with E-state index in [1.54, 1.807) is 0 Å². The summed E-state index contributed by atoms with van der Waals surface area (Å²) >= 11 is 0. The molecule has 100 valence electrons. The predicted octanol–water partition coefficient (Wildman–Crippen LogP) is 2.14. The van der Waals surface area contributed by atoms with Crippen molar-refractivity contribution in [2.45, 2.75) is 6.10 Å². The van der Waals surface area contributed by atoms with Crippen LogP contribution in [0.4, 0.5) is 5.69 Å². The first-order valence-corrected chi connectivity index (χ1v) is 6.36. The molecule has 3 heteroatoms. The summed E-state index contributed by atoms with van der Waals surface area (Å²) in [5.74, 6) is 0. The van der Waals surface area contributed by atoms with Gasteiger partial charge < -0.3 is 15.1 Å². The van der Waals surface area contributed by atoms with Crippen molar-refractivity contribution in [3.05, 3.63) is 54.6 Å². The molecule has 2 aromatic rings. The Hall–Kier alpha value is -1.84. The Balaban J connectivity index is 2.10. The molecule has 0 aliphatic rings. The van der Waals surface area contributed by atoms with Gasteiger partial charge >= 0.3 is 0 Å². The van der Waals surface area contributed by atoms with E-state index in [1.165, 1.54) is 11.1 Å². The Kier molecular flexibility index (Phi) is 4.55. The zero-order valence-corrected chi connectivity index (χ0v) is 11.0. The van der Waals surface area contributed by atoms with Gasteiger partial charge in [0.2, 0.25) is 0 Å². The molecule has 0 heterocycles. The summed E-state index contributed by atoms with van der Waals surface area (Å²) in [6, 6.07) is 18.4. The van der Waals surface area contributed by atoms with Gasteiger partial charge in [-0.1, -0.05) is 42.5 Å². The van der Waals surface area contributed by atoms with E-state index in [4.69, 9.17) is 5.11 Å². The molecule has 2 N–H and O–H groups in total. The lowest BCUT2D eigenvalue weighted by Gasteiger charge is -2.22. The van der Waals surface area contributed by atoms with Gasteiger partial charge in [0.15, 0.2) is 0 Å². The fraction of sp³-hybridized carbons (Fsp3) is 0.250. The maximum atomic E-state index is 9.43. The number of anilines is 1. The standard InChI is InChI=1S/C16H19NO2/c1-17(11-16(19)12-18)15-9-7-14(8-10-15)13-5-3-2-4-6-13/h2-10,16,18-19H,11-12H2,1H3. The number of rotatable bonds is 5. The summed E-state index contributed by atoms with van der Waals surface area (Å²) in [4.78, 5) is 1.93. The van der Waals surface area contributed by atoms with Crippen LogP contribution in [-0.2, 0) is 0 Å². The Morgan fingerprint density at radius 2 is 1.53 bits per heavy atom. The highest BCUT2D eigenvalue weighted by molar-refractivity contribution is 5.66. The van der Waals surface area contributed by atoms with E-state index in [0.717, 1.165) is 5.69 Å². The molecular weight excluding hydrogens is 238 g/mol. The molecule has 0 bridgehead atoms. The molecule has 19 heavy (non-hydrogen) atoms. The molecule has 3 nitrogen and oxygen atoms in total. The molecule has 0 saturated heterocycles. The number of hydrogen-bond donors (Lipinski definition) is 2. The van der Waals surface area contributed by atoms with Crippen molar-refractivity contribution >= 4 is 5.69 Å². The molecule has 2 aromatic carbocycles. The normalized spacial score (nSPS) is 12.2. The van der Waals surface area contributed by atoms with Crippen molar-refractivity contribution in [1.29, 1.82) is 0 Å². The van der Waals surface area contributed by atoms with Gasteiger partial charge in [0.1, 0.15) is 0 Å². The molecule has 1 atom stereocenters. The average molecular weight is 257 g/mol. The first-order valence-electron chi connectivity index (χ1n) is 6.36. The molecule has 2 rings (SSSR count). The third kappa shape index (κ3) is 3.56. The van der Waals surface area contributed by atoms with E-state index >= 15 is 0 Å². The first-order chi connectivity index (χ1) is 9.20. The Morgan fingerprint density at radius 1 is 0.947 bits per heavy atom. The van der Waals surface area contributed by atoms with E-state index in [9.17, 15) is 5.11 Å². The van der Waals surface area contributed by atoms with Crippen molar-refractivity contribution in [3.8, 4) is 11.1 Å². The summed E-state index contributed by atoms with van der Waals surface area (Å²) < 4.78 is 0. The number of hydrogen-bond acceptors (Lipinski definition) is 3. The second-order valence-corrected chi connectivity index (χ2v) is 4.63. The zero-order valence-electron chi connectivity index (χ0n) is 11.0. The predicted molar refractivity (Wildman–Crippen MR) is 78.2 cm³/mol. The number of likely N-dealkylation sites (N-methyl/N-ethyl adjacent to an activating group) is 1. The van der Waals surface area contributed by atoms with Gasteiger partial charge in [-0.2, -0.15) is 0 Å². The Labute approximate surface area is 113 Å². The summed E-state index contributed by atoms with van der Waals surface area (Å²) in [6.07, 6.45) is -0.709. The van der Waals surface area contributed by atoms with Crippen LogP contribution in [-0.4, -0.2) is 36.5 Å². The van der Waals surface area contributed by atoms with Gasteiger partial charge in [0.05, 0.1) is 12.7 Å². The van der Waals surface area contributed by atoms with Crippen LogP contribution in [0.3, 0.4) is 0 Å². The first kappa shape index (κ1) is 13.6. The van der Waals surface area contributed by atoms with Crippen LogP contribution in [0.5, 0.6) is 0 Å². The molecule has 0 radical (unpaired) electrons. The van der Waals surface area contributed by atoms with E-state index < -0.39 is 6.10 Å². The van der Waals surface area contributed by atoms with E-state index in [0.29, 0.717) is 6.54 Å². The molecule has 0 fully saturated rings. The molecule has 0 aromatic heterocycles. The lowest BCUT2D eigenvalue weighted by atomic mass is 10.1. The van der Waals surface area contributed by atoms with Gasteiger partial charge in [-0.15, -0.1) is 0 Å². The minimum atomic E-state index is -0.709. The van der Waals surface area contributed by atoms with Crippen molar-refractivity contribution in [1.82, 2.24) is 0 Å². The third-order valence-corrected chi connectivity index (χ3v) is 3.11. The fourth-order valence-corrected chi connectivity index (χ4v) is 2.02. The van der Waals surface area contributed by atoms with Crippen LogP contribution in [0.1, 0.15) is 0 Å². The van der Waals surface area contributed by atoms with Crippen molar-refractivity contribution < 1.29 is 10.2 Å². The number of aliphatic hydroxyl groups is 2. The van der Waals surface area contributed by atoms with E-state index in [1.807, 2.05) is 42.3 Å². The molecule has 0 amide bonds. The topological polar surface area (TPSA) is 43.7 Å². The van der Waals surface area contributed by atoms with Gasteiger partial charge in [-0.05, 0) is 23.3 Å². The number of aliphatic hydroxyl groups excluding tert-OH is 2. The average Bonchev–Trinajstić information content (AvgIpc) is 2.48. The SMILES string of the molecule is CN(CC(O)CO)c1ccc(-c2ccccc2)cc1. The van der Waals surface area contributed by atoms with Crippen molar-refractivity contribution in [3.63, 3.8) is 0 Å². The van der Waals surface area contributed by atoms with E-state index in [2.05, 4.69) is 24.3 Å². The summed E-state index contributed by atoms with van der Waals surface area (Å²) in [7, 11) is 1.90. The minimum absolute atomic E-state index is 0.216. The highest BCUT2D eigenvalue weighted by Crippen LogP contribution is 2.22. The maximum absolute atomic E-state index is 9.43. The van der Waals surface area contributed by atoms with Gasteiger partial charge in [0, 0.05) is 19.3 Å². The summed E-state index contributed by atoms with van der Waals surface area (Å²) in [5.41, 5.74) is 3.37. The zero-order chi connectivity index (χ0) is 13.7. The lowest BCUT2D eigenvalue weighted by molar-refractivity contribution is 0.101. The Morgan fingerprint density at radius 3 is 2.11 bits per heavy atom. The van der Waals surface area contributed by atoms with Crippen LogP contribution in [0.2, 0.25) is 0 Å². The van der Waals surface area contributed by atoms with Crippen LogP contribution < -0.4 is 4.90 Å². The third-order valence-electron chi connectivity index (χ3n) is 3.11. The monoisotopic (exact) mass is 257 g/mol. The van der Waals surface area contributed by atoms with E-state index in [-0.39, 0.29) is 6.61 Å². The molecule has 0 aliphatic carbocycles. The van der Waals surface area contributed by atoms with Crippen molar-refractivity contribution in [2.24, 2.45) is 0 Å². The smallest absolute Gasteiger partial charge is 0.0945 e. The second kappa shape index (κ2) is 6.36. The number of benzene rings is 2. The van der Waals surface area contributed by atoms with Gasteiger partial charge in [-0.25, -0.2) is 0 Å². The maximum Gasteiger partial charge on any atom is 0.0945 e. The highest BCUT2D eigenvalue weighted by Gasteiger charge is 2.07. The molecule has 0 spiro atoms. The van der Waals surface area contributed by atoms with Gasteiger partial charge in [0.25, 0.3) is 0 Å². The summed E-state index contributed by atoms with van der Waals surface area (Å²) in [5, 5.41) is 18.3. The van der Waals surface area contributed by atoms with Gasteiger partial charge in [-0.3, -0.25) is 0 Å². The fourth-order valence-electron chi connectivity index (χ4n) is 2.02. The molecule has 1 unspecified atom stereocenters. The number of nitrogens with zero attached hydrogens (tertiary/aromatic N) is 1. The van der Waals surface area contributed by atoms with Crippen LogP contribution in [0, 0.1) is 0 Å². The summed E-state index contributed by atoms with van der Waals surface area (Å²) in [6.45, 7) is 0.202. The second-order valence-electron chi connectivity index (χ2n) is 4.63. The highest BCUT2D eigenvalue weighted by atomic mass is 16.3. The van der Waals surface area contributed by atoms with Crippen LogP contribution in [0.15, 0.2) is 54.6 Å². The van der Waals surface area contributed by atoms with Crippen LogP contribution >= 0.6 is 0 Å². The molecule has 0 aliphatic heterocycles. The van der Waals surface area contributed by atoms with Crippen molar-refractivity contribution in [2.75, 3.05) is 25.1 Å². The molecule has 0 saturated carbocycles. The molecular formula is C16H19NO2. The minimum Gasteiger partial charge on any atom is -0.394 e. The quantitative estimate of drug-likeness (QED) is 0.862. The Bertz CT molecular complexity index is 496. The lowest BCUT2D eigenvalue weighted by Crippen LogP contribution is -2.31. The van der Waals surface area contributed by atoms with Crippen LogP contribution in [0.25, 0.3) is 11.1 Å². The largest absolute Gasteiger partial charge is 0.394 e.